The van der Waals surface area contributed by atoms with Crippen molar-refractivity contribution in [3.63, 3.8) is 0 Å². The minimum absolute atomic E-state index is 0.412. The van der Waals surface area contributed by atoms with Gasteiger partial charge in [-0.1, -0.05) is 12.1 Å². The van der Waals surface area contributed by atoms with E-state index in [4.69, 9.17) is 4.42 Å². The predicted molar refractivity (Wildman–Crippen MR) is 97.1 cm³/mol. The third-order valence-electron chi connectivity index (χ3n) is 4.37. The summed E-state index contributed by atoms with van der Waals surface area (Å²) in [7, 11) is -3.35. The van der Waals surface area contributed by atoms with Gasteiger partial charge in [-0.3, -0.25) is 4.90 Å². The van der Waals surface area contributed by atoms with E-state index in [9.17, 15) is 8.42 Å². The molecule has 0 spiro atoms. The highest BCUT2D eigenvalue weighted by Crippen LogP contribution is 2.23. The molecule has 3 aromatic rings. The lowest BCUT2D eigenvalue weighted by Gasteiger charge is -2.32. The fourth-order valence-electron chi connectivity index (χ4n) is 3.00. The molecule has 25 heavy (non-hydrogen) atoms. The van der Waals surface area contributed by atoms with Crippen LogP contribution >= 0.6 is 11.3 Å². The van der Waals surface area contributed by atoms with Crippen molar-refractivity contribution in [3.8, 4) is 0 Å². The molecule has 0 N–H and O–H groups in total. The zero-order valence-electron chi connectivity index (χ0n) is 13.9. The minimum Gasteiger partial charge on any atom is -0.439 e. The standard InChI is InChI=1S/C17H19N3O3S2/c1-13-4-5-14-15(11-13)23-16(18-14)12-19-6-8-20(9-7-19)25(21,22)17-3-2-10-24-17/h2-5,10-11H,6-9,12H2,1H3. The van der Waals surface area contributed by atoms with Gasteiger partial charge in [0.05, 0.1) is 6.54 Å². The van der Waals surface area contributed by atoms with Crippen molar-refractivity contribution in [1.29, 1.82) is 0 Å². The van der Waals surface area contributed by atoms with Gasteiger partial charge in [0.15, 0.2) is 5.58 Å². The maximum absolute atomic E-state index is 12.5. The van der Waals surface area contributed by atoms with Crippen LogP contribution in [0.2, 0.25) is 0 Å². The lowest BCUT2D eigenvalue weighted by Crippen LogP contribution is -2.48. The SMILES string of the molecule is Cc1ccc2nc(CN3CCN(S(=O)(=O)c4cccs4)CC3)oc2c1. The van der Waals surface area contributed by atoms with Crippen LogP contribution < -0.4 is 0 Å². The third-order valence-corrected chi connectivity index (χ3v) is 7.64. The number of fused-ring (bicyclic) bond motifs is 1. The largest absolute Gasteiger partial charge is 0.439 e. The molecule has 4 rings (SSSR count). The second-order valence-electron chi connectivity index (χ2n) is 6.19. The summed E-state index contributed by atoms with van der Waals surface area (Å²) in [5, 5.41) is 1.79. The summed E-state index contributed by atoms with van der Waals surface area (Å²) in [6.07, 6.45) is 0. The van der Waals surface area contributed by atoms with Crippen molar-refractivity contribution in [1.82, 2.24) is 14.2 Å². The van der Waals surface area contributed by atoms with Crippen LogP contribution in [0.4, 0.5) is 0 Å². The molecule has 0 radical (unpaired) electrons. The quantitative estimate of drug-likeness (QED) is 0.699. The molecule has 3 heterocycles. The maximum Gasteiger partial charge on any atom is 0.252 e. The number of benzene rings is 1. The van der Waals surface area contributed by atoms with E-state index in [2.05, 4.69) is 9.88 Å². The van der Waals surface area contributed by atoms with Crippen LogP contribution in [0.1, 0.15) is 11.5 Å². The fraction of sp³-hybridized carbons (Fsp3) is 0.353. The third kappa shape index (κ3) is 3.35. The topological polar surface area (TPSA) is 66.7 Å². The highest BCUT2D eigenvalue weighted by atomic mass is 32.2. The number of hydrogen-bond acceptors (Lipinski definition) is 6. The van der Waals surface area contributed by atoms with E-state index in [0.29, 0.717) is 42.8 Å². The molecule has 1 aliphatic heterocycles. The lowest BCUT2D eigenvalue weighted by atomic mass is 10.2. The first-order valence-corrected chi connectivity index (χ1v) is 10.5. The average molecular weight is 377 g/mol. The molecule has 0 unspecified atom stereocenters. The Labute approximate surface area is 150 Å². The number of oxazole rings is 1. The summed E-state index contributed by atoms with van der Waals surface area (Å²) in [5.41, 5.74) is 2.80. The number of rotatable bonds is 4. The van der Waals surface area contributed by atoms with Crippen LogP contribution in [0.5, 0.6) is 0 Å². The molecule has 1 aromatic carbocycles. The molecule has 1 fully saturated rings. The van der Waals surface area contributed by atoms with E-state index in [1.807, 2.05) is 25.1 Å². The molecule has 0 bridgehead atoms. The molecule has 1 aliphatic rings. The van der Waals surface area contributed by atoms with Gasteiger partial charge < -0.3 is 4.42 Å². The number of hydrogen-bond donors (Lipinski definition) is 0. The first-order chi connectivity index (χ1) is 12.0. The van der Waals surface area contributed by atoms with E-state index in [1.54, 1.807) is 21.8 Å². The molecule has 0 atom stereocenters. The summed E-state index contributed by atoms with van der Waals surface area (Å²) in [5.74, 6) is 0.676. The molecular weight excluding hydrogens is 358 g/mol. The average Bonchev–Trinajstić information content (AvgIpc) is 3.24. The van der Waals surface area contributed by atoms with Crippen molar-refractivity contribution in [2.75, 3.05) is 26.2 Å². The molecule has 8 heteroatoms. The van der Waals surface area contributed by atoms with E-state index in [1.165, 1.54) is 11.3 Å². The van der Waals surface area contributed by atoms with Gasteiger partial charge in [0.25, 0.3) is 10.0 Å². The van der Waals surface area contributed by atoms with Crippen LogP contribution in [-0.4, -0.2) is 48.8 Å². The molecule has 2 aromatic heterocycles. The van der Waals surface area contributed by atoms with E-state index < -0.39 is 10.0 Å². The van der Waals surface area contributed by atoms with Gasteiger partial charge in [-0.2, -0.15) is 4.31 Å². The number of aryl methyl sites for hydroxylation is 1. The predicted octanol–water partition coefficient (Wildman–Crippen LogP) is 2.70. The highest BCUT2D eigenvalue weighted by molar-refractivity contribution is 7.91. The molecule has 132 valence electrons. The molecule has 0 amide bonds. The van der Waals surface area contributed by atoms with Crippen LogP contribution in [-0.2, 0) is 16.6 Å². The zero-order valence-corrected chi connectivity index (χ0v) is 15.5. The Bertz CT molecular complexity index is 972. The van der Waals surface area contributed by atoms with Gasteiger partial charge in [-0.25, -0.2) is 13.4 Å². The summed E-state index contributed by atoms with van der Waals surface area (Å²) in [4.78, 5) is 6.70. The van der Waals surface area contributed by atoms with Crippen molar-refractivity contribution in [3.05, 3.63) is 47.2 Å². The second-order valence-corrected chi connectivity index (χ2v) is 9.30. The van der Waals surface area contributed by atoms with Crippen LogP contribution in [0.3, 0.4) is 0 Å². The van der Waals surface area contributed by atoms with E-state index in [-0.39, 0.29) is 0 Å². The maximum atomic E-state index is 12.5. The fourth-order valence-corrected chi connectivity index (χ4v) is 5.57. The molecule has 6 nitrogen and oxygen atoms in total. The summed E-state index contributed by atoms with van der Waals surface area (Å²) >= 11 is 1.26. The Kier molecular flexibility index (Phi) is 4.36. The first-order valence-electron chi connectivity index (χ1n) is 8.14. The van der Waals surface area contributed by atoms with Crippen LogP contribution in [0.15, 0.2) is 44.3 Å². The lowest BCUT2D eigenvalue weighted by molar-refractivity contribution is 0.169. The number of aromatic nitrogens is 1. The summed E-state index contributed by atoms with van der Waals surface area (Å²) in [6.45, 7) is 4.93. The summed E-state index contributed by atoms with van der Waals surface area (Å²) < 4.78 is 32.9. The molecule has 1 saturated heterocycles. The van der Waals surface area contributed by atoms with Crippen molar-refractivity contribution in [2.45, 2.75) is 17.7 Å². The van der Waals surface area contributed by atoms with Gasteiger partial charge in [0, 0.05) is 26.2 Å². The Hall–Kier alpha value is -1.74. The van der Waals surface area contributed by atoms with Gasteiger partial charge in [-0.05, 0) is 36.1 Å². The van der Waals surface area contributed by atoms with E-state index in [0.717, 1.165) is 16.7 Å². The number of thiophene rings is 1. The Balaban J connectivity index is 1.41. The van der Waals surface area contributed by atoms with E-state index >= 15 is 0 Å². The normalized spacial score (nSPS) is 17.3. The van der Waals surface area contributed by atoms with Gasteiger partial charge in [-0.15, -0.1) is 11.3 Å². The van der Waals surface area contributed by atoms with Crippen LogP contribution in [0, 0.1) is 6.92 Å². The molecular formula is C17H19N3O3S2. The van der Waals surface area contributed by atoms with Crippen molar-refractivity contribution >= 4 is 32.5 Å². The first kappa shape index (κ1) is 16.7. The van der Waals surface area contributed by atoms with Gasteiger partial charge >= 0.3 is 0 Å². The van der Waals surface area contributed by atoms with Crippen LogP contribution in [0.25, 0.3) is 11.1 Å². The smallest absolute Gasteiger partial charge is 0.252 e. The molecule has 0 aliphatic carbocycles. The highest BCUT2D eigenvalue weighted by Gasteiger charge is 2.29. The van der Waals surface area contributed by atoms with Gasteiger partial charge in [0.2, 0.25) is 5.89 Å². The van der Waals surface area contributed by atoms with Crippen molar-refractivity contribution in [2.24, 2.45) is 0 Å². The Morgan fingerprint density at radius 1 is 1.20 bits per heavy atom. The Morgan fingerprint density at radius 3 is 2.72 bits per heavy atom. The Morgan fingerprint density at radius 2 is 2.00 bits per heavy atom. The molecule has 0 saturated carbocycles. The second kappa shape index (κ2) is 6.53. The summed E-state index contributed by atoms with van der Waals surface area (Å²) in [6, 6.07) is 9.39. The number of nitrogens with zero attached hydrogens (tertiary/aromatic N) is 3. The monoisotopic (exact) mass is 377 g/mol. The van der Waals surface area contributed by atoms with Crippen molar-refractivity contribution < 1.29 is 12.8 Å². The number of piperazine rings is 1. The number of sulfonamides is 1. The zero-order chi connectivity index (χ0) is 17.4. The minimum atomic E-state index is -3.35. The van der Waals surface area contributed by atoms with Gasteiger partial charge in [0.1, 0.15) is 9.73 Å².